The van der Waals surface area contributed by atoms with Crippen molar-refractivity contribution < 1.29 is 13.9 Å². The smallest absolute Gasteiger partial charge is 0.263 e. The summed E-state index contributed by atoms with van der Waals surface area (Å²) in [5.41, 5.74) is -0.153. The molecule has 0 bridgehead atoms. The second-order valence-electron chi connectivity index (χ2n) is 2.89. The summed E-state index contributed by atoms with van der Waals surface area (Å²) >= 11 is 0. The van der Waals surface area contributed by atoms with Crippen molar-refractivity contribution >= 4 is 0 Å². The lowest BCUT2D eigenvalue weighted by atomic mass is 9.99. The Kier molecular flexibility index (Phi) is 5.50. The molecule has 0 aromatic rings. The summed E-state index contributed by atoms with van der Waals surface area (Å²) in [7, 11) is 0. The Labute approximate surface area is 77.0 Å². The Morgan fingerprint density at radius 3 is 2.31 bits per heavy atom. The van der Waals surface area contributed by atoms with Crippen molar-refractivity contribution in [1.29, 1.82) is 0 Å². The molecule has 1 rings (SSSR count). The standard InChI is InChI=1S/C7H13NO.C2H2F2/c1-2-7(6-9)4-3-5-8-7;1-2(3)4/h2,8-9H,1,3-6H2;1H2. The van der Waals surface area contributed by atoms with Crippen molar-refractivity contribution in [3.63, 3.8) is 0 Å². The van der Waals surface area contributed by atoms with Crippen molar-refractivity contribution in [3.8, 4) is 0 Å². The predicted octanol–water partition coefficient (Wildman–Crippen LogP) is 1.68. The van der Waals surface area contributed by atoms with Gasteiger partial charge in [0, 0.05) is 0 Å². The highest BCUT2D eigenvalue weighted by atomic mass is 19.3. The van der Waals surface area contributed by atoms with Gasteiger partial charge in [0.2, 0.25) is 0 Å². The SMILES string of the molecule is C=C(F)F.C=CC1(CO)CCCN1. The number of nitrogens with one attached hydrogen (secondary N) is 1. The molecule has 4 heteroatoms. The predicted molar refractivity (Wildman–Crippen MR) is 48.6 cm³/mol. The number of rotatable bonds is 2. The molecular weight excluding hydrogens is 176 g/mol. The van der Waals surface area contributed by atoms with E-state index in [9.17, 15) is 8.78 Å². The van der Waals surface area contributed by atoms with Crippen molar-refractivity contribution in [1.82, 2.24) is 5.32 Å². The van der Waals surface area contributed by atoms with E-state index in [4.69, 9.17) is 5.11 Å². The lowest BCUT2D eigenvalue weighted by Gasteiger charge is -2.21. The van der Waals surface area contributed by atoms with Crippen LogP contribution in [0.15, 0.2) is 25.3 Å². The van der Waals surface area contributed by atoms with Gasteiger partial charge in [0.25, 0.3) is 6.08 Å². The minimum Gasteiger partial charge on any atom is -0.394 e. The first-order valence-electron chi connectivity index (χ1n) is 4.06. The maximum atomic E-state index is 10.1. The van der Waals surface area contributed by atoms with Crippen LogP contribution in [0, 0.1) is 0 Å². The van der Waals surface area contributed by atoms with Crippen LogP contribution in [-0.4, -0.2) is 23.8 Å². The first-order chi connectivity index (χ1) is 6.06. The van der Waals surface area contributed by atoms with Crippen molar-refractivity contribution in [2.24, 2.45) is 0 Å². The molecular formula is C9H15F2NO. The summed E-state index contributed by atoms with van der Waals surface area (Å²) in [5.74, 6) is 0. The molecule has 0 spiro atoms. The maximum absolute atomic E-state index is 10.1. The van der Waals surface area contributed by atoms with Crippen LogP contribution in [0.4, 0.5) is 8.78 Å². The van der Waals surface area contributed by atoms with Crippen molar-refractivity contribution in [2.75, 3.05) is 13.2 Å². The normalized spacial score (nSPS) is 26.1. The highest BCUT2D eigenvalue weighted by Gasteiger charge is 2.28. The van der Waals surface area contributed by atoms with Crippen molar-refractivity contribution in [2.45, 2.75) is 18.4 Å². The zero-order chi connectivity index (χ0) is 10.3. The molecule has 1 heterocycles. The zero-order valence-corrected chi connectivity index (χ0v) is 7.52. The lowest BCUT2D eigenvalue weighted by Crippen LogP contribution is -2.40. The summed E-state index contributed by atoms with van der Waals surface area (Å²) in [6.07, 6.45) is 2.14. The van der Waals surface area contributed by atoms with Gasteiger partial charge in [-0.15, -0.1) is 6.58 Å². The third-order valence-corrected chi connectivity index (χ3v) is 1.95. The molecule has 2 N–H and O–H groups in total. The van der Waals surface area contributed by atoms with Gasteiger partial charge in [-0.25, -0.2) is 0 Å². The molecule has 0 aromatic heterocycles. The molecule has 1 saturated heterocycles. The quantitative estimate of drug-likeness (QED) is 0.651. The molecule has 1 fully saturated rings. The first-order valence-corrected chi connectivity index (χ1v) is 4.06. The number of hydrogen-bond donors (Lipinski definition) is 2. The van der Waals surface area contributed by atoms with E-state index in [1.54, 1.807) is 6.08 Å². The second kappa shape index (κ2) is 5.83. The van der Waals surface area contributed by atoms with E-state index in [2.05, 4.69) is 18.5 Å². The molecule has 0 aliphatic carbocycles. The van der Waals surface area contributed by atoms with Gasteiger partial charge in [-0.05, 0) is 26.0 Å². The fourth-order valence-electron chi connectivity index (χ4n) is 1.20. The minimum atomic E-state index is -1.83. The van der Waals surface area contributed by atoms with Crippen LogP contribution in [0.25, 0.3) is 0 Å². The average Bonchev–Trinajstić information content (AvgIpc) is 2.52. The van der Waals surface area contributed by atoms with E-state index in [0.717, 1.165) is 19.4 Å². The monoisotopic (exact) mass is 191 g/mol. The second-order valence-corrected chi connectivity index (χ2v) is 2.89. The third-order valence-electron chi connectivity index (χ3n) is 1.95. The van der Waals surface area contributed by atoms with Gasteiger partial charge in [0.15, 0.2) is 0 Å². The van der Waals surface area contributed by atoms with Gasteiger partial charge >= 0.3 is 0 Å². The number of halogens is 2. The Bertz CT molecular complexity index is 172. The fraction of sp³-hybridized carbons (Fsp3) is 0.556. The molecule has 1 aliphatic rings. The van der Waals surface area contributed by atoms with E-state index in [1.807, 2.05) is 0 Å². The van der Waals surface area contributed by atoms with E-state index in [0.29, 0.717) is 0 Å². The topological polar surface area (TPSA) is 32.3 Å². The van der Waals surface area contributed by atoms with Crippen LogP contribution in [-0.2, 0) is 0 Å². The van der Waals surface area contributed by atoms with Crippen LogP contribution in [0.2, 0.25) is 0 Å². The van der Waals surface area contributed by atoms with Crippen molar-refractivity contribution in [3.05, 3.63) is 25.3 Å². The molecule has 1 aliphatic heterocycles. The molecule has 1 unspecified atom stereocenters. The van der Waals surface area contributed by atoms with E-state index in [-0.39, 0.29) is 12.1 Å². The van der Waals surface area contributed by atoms with Gasteiger partial charge in [-0.1, -0.05) is 6.08 Å². The number of hydrogen-bond acceptors (Lipinski definition) is 2. The summed E-state index contributed by atoms with van der Waals surface area (Å²) in [6, 6.07) is 0. The molecule has 1 atom stereocenters. The van der Waals surface area contributed by atoms with Crippen LogP contribution >= 0.6 is 0 Å². The highest BCUT2D eigenvalue weighted by Crippen LogP contribution is 2.18. The number of aliphatic hydroxyl groups excluding tert-OH is 1. The summed E-state index contributed by atoms with van der Waals surface area (Å²) in [4.78, 5) is 0. The highest BCUT2D eigenvalue weighted by molar-refractivity contribution is 5.05. The first kappa shape index (κ1) is 12.3. The Morgan fingerprint density at radius 1 is 1.62 bits per heavy atom. The van der Waals surface area contributed by atoms with Crippen LogP contribution in [0.1, 0.15) is 12.8 Å². The summed E-state index contributed by atoms with van der Waals surface area (Å²) < 4.78 is 20.3. The van der Waals surface area contributed by atoms with E-state index < -0.39 is 6.08 Å². The Balaban J connectivity index is 0.000000310. The summed E-state index contributed by atoms with van der Waals surface area (Å²) in [6.45, 7) is 7.07. The van der Waals surface area contributed by atoms with Crippen LogP contribution in [0.3, 0.4) is 0 Å². The molecule has 13 heavy (non-hydrogen) atoms. The van der Waals surface area contributed by atoms with Crippen LogP contribution in [0.5, 0.6) is 0 Å². The van der Waals surface area contributed by atoms with Gasteiger partial charge < -0.3 is 10.4 Å². The lowest BCUT2D eigenvalue weighted by molar-refractivity contribution is 0.212. The average molecular weight is 191 g/mol. The zero-order valence-electron chi connectivity index (χ0n) is 7.52. The molecule has 0 radical (unpaired) electrons. The van der Waals surface area contributed by atoms with Gasteiger partial charge in [-0.3, -0.25) is 0 Å². The fourth-order valence-corrected chi connectivity index (χ4v) is 1.20. The maximum Gasteiger partial charge on any atom is 0.263 e. The Hall–Kier alpha value is -0.740. The number of aliphatic hydroxyl groups is 1. The summed E-state index contributed by atoms with van der Waals surface area (Å²) in [5, 5.41) is 12.1. The third kappa shape index (κ3) is 4.75. The molecule has 0 saturated carbocycles. The van der Waals surface area contributed by atoms with Gasteiger partial charge in [0.05, 0.1) is 12.1 Å². The van der Waals surface area contributed by atoms with E-state index in [1.165, 1.54) is 0 Å². The van der Waals surface area contributed by atoms with Crippen LogP contribution < -0.4 is 5.32 Å². The largest absolute Gasteiger partial charge is 0.394 e. The van der Waals surface area contributed by atoms with Gasteiger partial charge in [-0.2, -0.15) is 8.78 Å². The minimum absolute atomic E-state index is 0.153. The van der Waals surface area contributed by atoms with E-state index >= 15 is 0 Å². The van der Waals surface area contributed by atoms with Gasteiger partial charge in [0.1, 0.15) is 0 Å². The molecule has 0 amide bonds. The Morgan fingerprint density at radius 2 is 2.15 bits per heavy atom. The molecule has 2 nitrogen and oxygen atoms in total. The molecule has 76 valence electrons. The molecule has 0 aromatic carbocycles.